The van der Waals surface area contributed by atoms with E-state index in [0.717, 1.165) is 38.5 Å². The molecule has 0 heterocycles. The number of nitrogens with zero attached hydrogens (tertiary/aromatic N) is 1. The minimum absolute atomic E-state index is 0.0492. The van der Waals surface area contributed by atoms with Gasteiger partial charge in [0.1, 0.15) is 19.8 Å². The van der Waals surface area contributed by atoms with Gasteiger partial charge in [-0.3, -0.25) is 23.4 Å². The zero-order chi connectivity index (χ0) is 40.9. The second-order valence-electron chi connectivity index (χ2n) is 16.3. The van der Waals surface area contributed by atoms with Gasteiger partial charge in [0.25, 0.3) is 0 Å². The van der Waals surface area contributed by atoms with Crippen molar-refractivity contribution in [3.63, 3.8) is 0 Å². The zero-order valence-corrected chi connectivity index (χ0v) is 36.8. The molecule has 0 saturated carbocycles. The maximum absolute atomic E-state index is 12.7. The van der Waals surface area contributed by atoms with Crippen molar-refractivity contribution in [3.8, 4) is 0 Å². The first-order valence-electron chi connectivity index (χ1n) is 22.4. The molecule has 0 amide bonds. The van der Waals surface area contributed by atoms with Crippen molar-refractivity contribution in [2.75, 3.05) is 47.0 Å². The van der Waals surface area contributed by atoms with Crippen LogP contribution in [0, 0.1) is 0 Å². The van der Waals surface area contributed by atoms with E-state index in [9.17, 15) is 23.8 Å². The topological polar surface area (TPSA) is 146 Å². The SMILES string of the molecule is CCCCCCCCCCCCCCCC(=O)OC[C@H](COP(=O)(O)OCC[N+](C)(C)CCCC(=O)O)OC(=O)CCCCCCCCCCCCCCC. The van der Waals surface area contributed by atoms with Crippen molar-refractivity contribution in [2.45, 2.75) is 213 Å². The monoisotopic (exact) mass is 807 g/mol. The molecule has 0 rings (SSSR count). The number of carboxylic acid groups (broad SMARTS) is 1. The van der Waals surface area contributed by atoms with E-state index in [1.54, 1.807) is 0 Å². The smallest absolute Gasteiger partial charge is 0.472 e. The lowest BCUT2D eigenvalue weighted by Crippen LogP contribution is -2.43. The standard InChI is InChI=1S/C43H84NO10P/c1-5-7-9-11-13-15-17-19-21-23-25-27-29-33-42(47)51-38-40(39-53-55(49,50)52-37-36-44(3,4)35-31-32-41(45)46)54-43(48)34-30-28-26-24-22-20-18-16-14-12-10-8-6-2/h40H,5-39H2,1-4H3,(H-,45,46,49,50)/p+1/t40-/m1/s1. The highest BCUT2D eigenvalue weighted by Crippen LogP contribution is 2.43. The first kappa shape index (κ1) is 53.5. The van der Waals surface area contributed by atoms with Crippen LogP contribution in [0.1, 0.15) is 206 Å². The molecule has 0 aromatic rings. The molecule has 0 saturated heterocycles. The largest absolute Gasteiger partial charge is 0.481 e. The molecule has 1 unspecified atom stereocenters. The van der Waals surface area contributed by atoms with E-state index in [2.05, 4.69) is 13.8 Å². The van der Waals surface area contributed by atoms with Crippen LogP contribution in [-0.2, 0) is 37.5 Å². The maximum Gasteiger partial charge on any atom is 0.472 e. The fraction of sp³-hybridized carbons (Fsp3) is 0.930. The number of quaternary nitrogens is 1. The van der Waals surface area contributed by atoms with Crippen molar-refractivity contribution in [3.05, 3.63) is 0 Å². The van der Waals surface area contributed by atoms with Crippen LogP contribution >= 0.6 is 7.82 Å². The minimum Gasteiger partial charge on any atom is -0.481 e. The summed E-state index contributed by atoms with van der Waals surface area (Å²) in [6, 6.07) is 0. The van der Waals surface area contributed by atoms with Gasteiger partial charge in [0.15, 0.2) is 6.10 Å². The Morgan fingerprint density at radius 3 is 1.35 bits per heavy atom. The fourth-order valence-electron chi connectivity index (χ4n) is 6.58. The Morgan fingerprint density at radius 2 is 0.927 bits per heavy atom. The number of esters is 2. The third-order valence-corrected chi connectivity index (χ3v) is 11.2. The molecule has 0 bridgehead atoms. The average Bonchev–Trinajstić information content (AvgIpc) is 3.12. The molecule has 55 heavy (non-hydrogen) atoms. The van der Waals surface area contributed by atoms with Crippen LogP contribution < -0.4 is 0 Å². The van der Waals surface area contributed by atoms with Gasteiger partial charge < -0.3 is 24.0 Å². The zero-order valence-electron chi connectivity index (χ0n) is 35.9. The molecule has 2 atom stereocenters. The molecule has 0 radical (unpaired) electrons. The second-order valence-corrected chi connectivity index (χ2v) is 17.7. The maximum atomic E-state index is 12.7. The van der Waals surface area contributed by atoms with Gasteiger partial charge in [-0.05, 0) is 12.8 Å². The molecule has 0 aromatic carbocycles. The number of carbonyl (C=O) groups excluding carboxylic acids is 2. The van der Waals surface area contributed by atoms with Crippen LogP contribution in [0.25, 0.3) is 0 Å². The molecular weight excluding hydrogens is 721 g/mol. The van der Waals surface area contributed by atoms with Crippen LogP contribution in [0.15, 0.2) is 0 Å². The molecule has 12 heteroatoms. The molecule has 0 spiro atoms. The molecule has 0 aliphatic heterocycles. The fourth-order valence-corrected chi connectivity index (χ4v) is 7.32. The number of hydrogen-bond donors (Lipinski definition) is 2. The van der Waals surface area contributed by atoms with Crippen molar-refractivity contribution in [1.82, 2.24) is 0 Å². The normalized spacial score (nSPS) is 13.4. The summed E-state index contributed by atoms with van der Waals surface area (Å²) in [6.45, 7) is 4.59. The van der Waals surface area contributed by atoms with Crippen molar-refractivity contribution >= 4 is 25.7 Å². The molecule has 0 aliphatic rings. The third kappa shape index (κ3) is 39.1. The predicted molar refractivity (Wildman–Crippen MR) is 222 cm³/mol. The van der Waals surface area contributed by atoms with Gasteiger partial charge in [-0.15, -0.1) is 0 Å². The second kappa shape index (κ2) is 36.8. The lowest BCUT2D eigenvalue weighted by atomic mass is 10.0. The number of aliphatic carboxylic acids is 1. The van der Waals surface area contributed by atoms with Crippen LogP contribution in [0.4, 0.5) is 0 Å². The number of likely N-dealkylation sites (N-methyl/N-ethyl adjacent to an activating group) is 1. The molecule has 0 fully saturated rings. The van der Waals surface area contributed by atoms with Gasteiger partial charge in [-0.2, -0.15) is 0 Å². The number of phosphoric acid groups is 1. The number of carboxylic acids is 1. The molecule has 0 aliphatic carbocycles. The van der Waals surface area contributed by atoms with E-state index in [-0.39, 0.29) is 32.5 Å². The summed E-state index contributed by atoms with van der Waals surface area (Å²) in [4.78, 5) is 46.4. The highest BCUT2D eigenvalue weighted by molar-refractivity contribution is 7.47. The Hall–Kier alpha value is -1.52. The quantitative estimate of drug-likeness (QED) is 0.0264. The Kier molecular flexibility index (Phi) is 35.8. The van der Waals surface area contributed by atoms with Gasteiger partial charge in [0.05, 0.1) is 33.7 Å². The van der Waals surface area contributed by atoms with E-state index in [1.165, 1.54) is 122 Å². The van der Waals surface area contributed by atoms with E-state index in [1.807, 2.05) is 14.1 Å². The van der Waals surface area contributed by atoms with Crippen molar-refractivity contribution < 1.29 is 52.0 Å². The molecule has 0 aromatic heterocycles. The first-order chi connectivity index (χ1) is 26.4. The summed E-state index contributed by atoms with van der Waals surface area (Å²) < 4.78 is 34.4. The summed E-state index contributed by atoms with van der Waals surface area (Å²) in [5.41, 5.74) is 0. The average molecular weight is 807 g/mol. The lowest BCUT2D eigenvalue weighted by molar-refractivity contribution is -0.890. The van der Waals surface area contributed by atoms with Gasteiger partial charge >= 0.3 is 25.7 Å². The molecular formula is C43H85NO10P+. The van der Waals surface area contributed by atoms with E-state index < -0.39 is 38.4 Å². The number of rotatable bonds is 42. The highest BCUT2D eigenvalue weighted by Gasteiger charge is 2.27. The molecule has 326 valence electrons. The summed E-state index contributed by atoms with van der Waals surface area (Å²) in [6.07, 6.45) is 31.3. The number of hydrogen-bond acceptors (Lipinski definition) is 8. The predicted octanol–water partition coefficient (Wildman–Crippen LogP) is 11.5. The Morgan fingerprint density at radius 1 is 0.527 bits per heavy atom. The van der Waals surface area contributed by atoms with Gasteiger partial charge in [-0.25, -0.2) is 4.57 Å². The summed E-state index contributed by atoms with van der Waals surface area (Å²) in [5.74, 6) is -1.72. The van der Waals surface area contributed by atoms with Crippen molar-refractivity contribution in [2.24, 2.45) is 0 Å². The summed E-state index contributed by atoms with van der Waals surface area (Å²) in [7, 11) is -0.731. The highest BCUT2D eigenvalue weighted by atomic mass is 31.2. The molecule has 11 nitrogen and oxygen atoms in total. The van der Waals surface area contributed by atoms with Gasteiger partial charge in [0, 0.05) is 19.3 Å². The van der Waals surface area contributed by atoms with E-state index in [0.29, 0.717) is 30.4 Å². The van der Waals surface area contributed by atoms with Crippen LogP contribution in [0.2, 0.25) is 0 Å². The van der Waals surface area contributed by atoms with Gasteiger partial charge in [0.2, 0.25) is 0 Å². The number of phosphoric ester groups is 1. The van der Waals surface area contributed by atoms with Crippen LogP contribution in [0.5, 0.6) is 0 Å². The van der Waals surface area contributed by atoms with E-state index >= 15 is 0 Å². The minimum atomic E-state index is -4.50. The van der Waals surface area contributed by atoms with Crippen LogP contribution in [0.3, 0.4) is 0 Å². The van der Waals surface area contributed by atoms with Gasteiger partial charge in [-0.1, -0.05) is 168 Å². The number of ether oxygens (including phenoxy) is 2. The Balaban J connectivity index is 4.58. The van der Waals surface area contributed by atoms with E-state index in [4.69, 9.17) is 23.6 Å². The van der Waals surface area contributed by atoms with Crippen LogP contribution in [-0.4, -0.2) is 85.5 Å². The number of carbonyl (C=O) groups is 3. The van der Waals surface area contributed by atoms with Crippen molar-refractivity contribution in [1.29, 1.82) is 0 Å². The first-order valence-corrected chi connectivity index (χ1v) is 23.9. The Bertz CT molecular complexity index is 979. The Labute approximate surface area is 336 Å². The number of unbranched alkanes of at least 4 members (excludes halogenated alkanes) is 24. The third-order valence-electron chi connectivity index (χ3n) is 10.2. The summed E-state index contributed by atoms with van der Waals surface area (Å²) in [5, 5.41) is 8.89. The molecule has 2 N–H and O–H groups in total. The lowest BCUT2D eigenvalue weighted by Gasteiger charge is -2.29. The summed E-state index contributed by atoms with van der Waals surface area (Å²) >= 11 is 0.